The lowest BCUT2D eigenvalue weighted by Crippen LogP contribution is -2.27. The molecule has 0 radical (unpaired) electrons. The number of furan rings is 1. The van der Waals surface area contributed by atoms with Crippen LogP contribution in [0.15, 0.2) is 180 Å². The molecule has 1 fully saturated rings. The predicted octanol–water partition coefficient (Wildman–Crippen LogP) is 16.8. The number of anilines is 6. The molecule has 0 N–H and O–H groups in total. The second-order valence-corrected chi connectivity index (χ2v) is 16.5. The molecule has 1 atom stereocenters. The van der Waals surface area contributed by atoms with Gasteiger partial charge in [0.05, 0.1) is 11.1 Å². The molecule has 3 heteroatoms. The standard InChI is InChI=1S/C56H56N2O/c1-3-5-17-41-56(4-2,44-31-37-48(38-32-44)57(46-21-11-7-12-22-46)47-23-13-8-14-24-47)45-33-39-50(40-34-45)58(49-35-29-43(30-36-49)42-19-9-6-10-20-42)52-26-18-28-54-55(52)51-25-15-16-27-53(51)59-54/h7-8,11-16,18,21-40,42H,3-6,9-10,17,19-20,41H2,1-2H3. The number of para-hydroxylation sites is 3. The minimum atomic E-state index is -0.121. The maximum Gasteiger partial charge on any atom is 0.137 e. The molecule has 7 aromatic carbocycles. The summed E-state index contributed by atoms with van der Waals surface area (Å²) in [7, 11) is 0. The van der Waals surface area contributed by atoms with Crippen LogP contribution in [0.2, 0.25) is 0 Å². The SMILES string of the molecule is CCCCCC(CC)(c1ccc(N(c2ccccc2)c2ccccc2)cc1)c1ccc(N(c2ccc(C3CCCCC3)cc2)c2cccc3oc4ccccc4c23)cc1. The quantitative estimate of drug-likeness (QED) is 0.103. The highest BCUT2D eigenvalue weighted by atomic mass is 16.3. The molecule has 1 aliphatic carbocycles. The summed E-state index contributed by atoms with van der Waals surface area (Å²) in [5.41, 5.74) is 12.8. The normalized spacial score (nSPS) is 14.3. The molecule has 0 aliphatic heterocycles. The third kappa shape index (κ3) is 7.67. The topological polar surface area (TPSA) is 19.6 Å². The lowest BCUT2D eigenvalue weighted by Gasteiger charge is -2.36. The largest absolute Gasteiger partial charge is 0.456 e. The molecule has 1 heterocycles. The third-order valence-corrected chi connectivity index (χ3v) is 13.0. The first kappa shape index (κ1) is 38.5. The molecule has 1 aromatic heterocycles. The fourth-order valence-corrected chi connectivity index (χ4v) is 9.88. The molecule has 1 aliphatic rings. The van der Waals surface area contributed by atoms with Crippen LogP contribution in [-0.2, 0) is 5.41 Å². The van der Waals surface area contributed by atoms with Gasteiger partial charge < -0.3 is 14.2 Å². The molecule has 0 amide bonds. The summed E-state index contributed by atoms with van der Waals surface area (Å²) >= 11 is 0. The van der Waals surface area contributed by atoms with E-state index in [4.69, 9.17) is 4.42 Å². The molecular weight excluding hydrogens is 717 g/mol. The minimum absolute atomic E-state index is 0.121. The van der Waals surface area contributed by atoms with E-state index in [9.17, 15) is 0 Å². The van der Waals surface area contributed by atoms with Gasteiger partial charge in [-0.05, 0) is 127 Å². The fraction of sp³-hybridized carbons (Fsp3) is 0.250. The van der Waals surface area contributed by atoms with Gasteiger partial charge in [0, 0.05) is 39.2 Å². The lowest BCUT2D eigenvalue weighted by atomic mass is 9.69. The van der Waals surface area contributed by atoms with E-state index in [1.54, 1.807) is 0 Å². The number of benzene rings is 7. The van der Waals surface area contributed by atoms with E-state index in [0.717, 1.165) is 68.9 Å². The van der Waals surface area contributed by atoms with Gasteiger partial charge in [-0.2, -0.15) is 0 Å². The number of hydrogen-bond acceptors (Lipinski definition) is 3. The van der Waals surface area contributed by atoms with Crippen LogP contribution in [0.25, 0.3) is 21.9 Å². The van der Waals surface area contributed by atoms with Crippen LogP contribution in [0.5, 0.6) is 0 Å². The van der Waals surface area contributed by atoms with Crippen LogP contribution in [0, 0.1) is 0 Å². The highest BCUT2D eigenvalue weighted by Gasteiger charge is 2.33. The van der Waals surface area contributed by atoms with Crippen molar-refractivity contribution in [1.29, 1.82) is 0 Å². The monoisotopic (exact) mass is 772 g/mol. The van der Waals surface area contributed by atoms with Crippen LogP contribution in [0.4, 0.5) is 34.1 Å². The zero-order valence-electron chi connectivity index (χ0n) is 34.7. The molecule has 9 rings (SSSR count). The zero-order chi connectivity index (χ0) is 40.0. The zero-order valence-corrected chi connectivity index (χ0v) is 34.7. The summed E-state index contributed by atoms with van der Waals surface area (Å²) in [5, 5.41) is 2.28. The number of hydrogen-bond donors (Lipinski definition) is 0. The summed E-state index contributed by atoms with van der Waals surface area (Å²) in [5.74, 6) is 0.662. The Balaban J connectivity index is 1.12. The van der Waals surface area contributed by atoms with Crippen LogP contribution in [0.1, 0.15) is 101 Å². The first-order valence-electron chi connectivity index (χ1n) is 22.1. The van der Waals surface area contributed by atoms with Crippen molar-refractivity contribution < 1.29 is 4.42 Å². The number of unbranched alkanes of at least 4 members (excludes halogenated alkanes) is 2. The van der Waals surface area contributed by atoms with Crippen molar-refractivity contribution in [3.63, 3.8) is 0 Å². The van der Waals surface area contributed by atoms with Crippen LogP contribution >= 0.6 is 0 Å². The van der Waals surface area contributed by atoms with E-state index in [1.807, 2.05) is 0 Å². The molecular formula is C56H56N2O. The van der Waals surface area contributed by atoms with E-state index >= 15 is 0 Å². The van der Waals surface area contributed by atoms with Crippen molar-refractivity contribution in [2.45, 2.75) is 89.4 Å². The van der Waals surface area contributed by atoms with Crippen LogP contribution < -0.4 is 9.80 Å². The van der Waals surface area contributed by atoms with Crippen molar-refractivity contribution in [1.82, 2.24) is 0 Å². The first-order chi connectivity index (χ1) is 29.2. The Kier molecular flexibility index (Phi) is 11.4. The third-order valence-electron chi connectivity index (χ3n) is 13.0. The van der Waals surface area contributed by atoms with Crippen LogP contribution in [0.3, 0.4) is 0 Å². The molecule has 0 bridgehead atoms. The summed E-state index contributed by atoms with van der Waals surface area (Å²) in [6.07, 6.45) is 12.3. The van der Waals surface area contributed by atoms with Gasteiger partial charge in [0.25, 0.3) is 0 Å². The van der Waals surface area contributed by atoms with Gasteiger partial charge >= 0.3 is 0 Å². The van der Waals surface area contributed by atoms with Gasteiger partial charge in [-0.25, -0.2) is 0 Å². The van der Waals surface area contributed by atoms with Crippen molar-refractivity contribution in [3.8, 4) is 0 Å². The average molecular weight is 773 g/mol. The van der Waals surface area contributed by atoms with E-state index in [2.05, 4.69) is 200 Å². The van der Waals surface area contributed by atoms with Crippen molar-refractivity contribution >= 4 is 56.1 Å². The second kappa shape index (κ2) is 17.4. The fourth-order valence-electron chi connectivity index (χ4n) is 9.88. The molecule has 0 saturated heterocycles. The van der Waals surface area contributed by atoms with Gasteiger partial charge in [-0.15, -0.1) is 0 Å². The molecule has 0 spiro atoms. The minimum Gasteiger partial charge on any atom is -0.456 e. The molecule has 59 heavy (non-hydrogen) atoms. The van der Waals surface area contributed by atoms with Gasteiger partial charge in [0.1, 0.15) is 11.2 Å². The van der Waals surface area contributed by atoms with Crippen molar-refractivity contribution in [2.75, 3.05) is 9.80 Å². The van der Waals surface area contributed by atoms with Crippen molar-refractivity contribution in [3.05, 3.63) is 193 Å². The Morgan fingerprint density at radius 3 is 1.61 bits per heavy atom. The Morgan fingerprint density at radius 2 is 1.02 bits per heavy atom. The number of rotatable bonds is 14. The lowest BCUT2D eigenvalue weighted by molar-refractivity contribution is 0.431. The van der Waals surface area contributed by atoms with Crippen molar-refractivity contribution in [2.24, 2.45) is 0 Å². The van der Waals surface area contributed by atoms with Gasteiger partial charge in [0.15, 0.2) is 0 Å². The number of nitrogens with zero attached hydrogens (tertiary/aromatic N) is 2. The molecule has 296 valence electrons. The number of fused-ring (bicyclic) bond motifs is 3. The van der Waals surface area contributed by atoms with Gasteiger partial charge in [-0.3, -0.25) is 0 Å². The Morgan fingerprint density at radius 1 is 0.492 bits per heavy atom. The summed E-state index contributed by atoms with van der Waals surface area (Å²) in [6.45, 7) is 4.68. The predicted molar refractivity (Wildman–Crippen MR) is 251 cm³/mol. The summed E-state index contributed by atoms with van der Waals surface area (Å²) in [4.78, 5) is 4.79. The van der Waals surface area contributed by atoms with E-state index in [-0.39, 0.29) is 5.41 Å². The molecule has 3 nitrogen and oxygen atoms in total. The Hall–Kier alpha value is -6.06. The Labute approximate surface area is 350 Å². The highest BCUT2D eigenvalue weighted by molar-refractivity contribution is 6.13. The first-order valence-corrected chi connectivity index (χ1v) is 22.1. The molecule has 8 aromatic rings. The summed E-state index contributed by atoms with van der Waals surface area (Å²) in [6, 6.07) is 64.7. The highest BCUT2D eigenvalue weighted by Crippen LogP contribution is 2.46. The van der Waals surface area contributed by atoms with E-state index in [0.29, 0.717) is 5.92 Å². The van der Waals surface area contributed by atoms with E-state index in [1.165, 1.54) is 68.1 Å². The van der Waals surface area contributed by atoms with Gasteiger partial charge in [0.2, 0.25) is 0 Å². The van der Waals surface area contributed by atoms with Gasteiger partial charge in [-0.1, -0.05) is 149 Å². The van der Waals surface area contributed by atoms with Crippen LogP contribution in [-0.4, -0.2) is 0 Å². The molecule has 1 unspecified atom stereocenters. The molecule has 1 saturated carbocycles. The average Bonchev–Trinajstić information content (AvgIpc) is 3.70. The maximum atomic E-state index is 6.43. The maximum absolute atomic E-state index is 6.43. The smallest absolute Gasteiger partial charge is 0.137 e. The Bertz CT molecular complexity index is 2530. The van der Waals surface area contributed by atoms with E-state index < -0.39 is 0 Å². The second-order valence-electron chi connectivity index (χ2n) is 16.5. The summed E-state index contributed by atoms with van der Waals surface area (Å²) < 4.78 is 6.43.